The zero-order valence-electron chi connectivity index (χ0n) is 24.9. The molecule has 2 aliphatic rings. The van der Waals surface area contributed by atoms with Crippen LogP contribution in [0.15, 0.2) is 0 Å². The van der Waals surface area contributed by atoms with Gasteiger partial charge in [0.2, 0.25) is 29.9 Å². The Balaban J connectivity index is 2.14. The van der Waals surface area contributed by atoms with Crippen molar-refractivity contribution in [1.29, 1.82) is 5.41 Å². The Morgan fingerprint density at radius 1 is 1.02 bits per heavy atom. The SMILES string of the molecule is CC[C@H](C)[C@@H]([C]=O)NC(=O)[C@H](CCCNC(=N)N)NC(=O)[C@@H]1CCCN1C(=O)[C@@H]1CCCN1C(=O)[C@@H](N)CC(C)C. The number of nitrogens with two attached hydrogens (primary N) is 2. The number of hydrogen-bond acceptors (Lipinski definition) is 7. The Kier molecular flexibility index (Phi) is 13.5. The predicted octanol–water partition coefficient (Wildman–Crippen LogP) is -0.270. The van der Waals surface area contributed by atoms with Crippen LogP contribution in [-0.4, -0.2) is 95.5 Å². The highest BCUT2D eigenvalue weighted by Crippen LogP contribution is 2.26. The van der Waals surface area contributed by atoms with E-state index >= 15 is 0 Å². The third kappa shape index (κ3) is 9.68. The van der Waals surface area contributed by atoms with Crippen LogP contribution in [0.2, 0.25) is 0 Å². The second-order valence-corrected chi connectivity index (χ2v) is 11.6. The molecular weight excluding hydrogens is 528 g/mol. The molecule has 8 N–H and O–H groups in total. The number of nitrogens with one attached hydrogen (secondary N) is 4. The highest BCUT2D eigenvalue weighted by molar-refractivity contribution is 5.95. The van der Waals surface area contributed by atoms with E-state index < -0.39 is 42.0 Å². The van der Waals surface area contributed by atoms with E-state index in [4.69, 9.17) is 16.9 Å². The first-order valence-corrected chi connectivity index (χ1v) is 14.8. The number of amides is 4. The summed E-state index contributed by atoms with van der Waals surface area (Å²) in [4.78, 5) is 67.9. The quantitative estimate of drug-likeness (QED) is 0.0866. The Morgan fingerprint density at radius 2 is 1.66 bits per heavy atom. The molecule has 13 heteroatoms. The van der Waals surface area contributed by atoms with E-state index in [9.17, 15) is 24.0 Å². The van der Waals surface area contributed by atoms with Crippen molar-refractivity contribution < 1.29 is 24.0 Å². The van der Waals surface area contributed by atoms with E-state index in [0.717, 1.165) is 0 Å². The Hall–Kier alpha value is -3.22. The number of carbonyl (C=O) groups is 4. The first-order valence-electron chi connectivity index (χ1n) is 14.8. The van der Waals surface area contributed by atoms with Gasteiger partial charge in [-0.3, -0.25) is 29.4 Å². The zero-order chi connectivity index (χ0) is 30.7. The maximum absolute atomic E-state index is 13.7. The maximum atomic E-state index is 13.7. The molecule has 2 aliphatic heterocycles. The Labute approximate surface area is 243 Å². The smallest absolute Gasteiger partial charge is 0.246 e. The van der Waals surface area contributed by atoms with Crippen LogP contribution in [0.25, 0.3) is 0 Å². The van der Waals surface area contributed by atoms with Crippen molar-refractivity contribution in [3.05, 3.63) is 0 Å². The van der Waals surface area contributed by atoms with Crippen molar-refractivity contribution in [3.8, 4) is 0 Å². The summed E-state index contributed by atoms with van der Waals surface area (Å²) in [6.07, 6.45) is 5.93. The monoisotopic (exact) mass is 577 g/mol. The zero-order valence-corrected chi connectivity index (χ0v) is 24.9. The van der Waals surface area contributed by atoms with E-state index in [1.54, 1.807) is 4.90 Å². The van der Waals surface area contributed by atoms with Crippen molar-refractivity contribution in [2.24, 2.45) is 23.3 Å². The summed E-state index contributed by atoms with van der Waals surface area (Å²) in [5.74, 6) is -1.59. The van der Waals surface area contributed by atoms with Gasteiger partial charge in [0.05, 0.1) is 12.1 Å². The van der Waals surface area contributed by atoms with Crippen LogP contribution >= 0.6 is 0 Å². The number of guanidine groups is 1. The van der Waals surface area contributed by atoms with Gasteiger partial charge in [-0.1, -0.05) is 34.1 Å². The van der Waals surface area contributed by atoms with Crippen LogP contribution in [0.1, 0.15) is 79.1 Å². The molecule has 231 valence electrons. The van der Waals surface area contributed by atoms with Gasteiger partial charge in [-0.25, -0.2) is 0 Å². The van der Waals surface area contributed by atoms with Crippen molar-refractivity contribution in [3.63, 3.8) is 0 Å². The molecule has 2 fully saturated rings. The first-order chi connectivity index (χ1) is 19.4. The lowest BCUT2D eigenvalue weighted by Gasteiger charge is -2.33. The normalized spacial score (nSPS) is 21.6. The van der Waals surface area contributed by atoms with Gasteiger partial charge in [-0.15, -0.1) is 0 Å². The molecule has 0 unspecified atom stereocenters. The average Bonchev–Trinajstić information content (AvgIpc) is 3.61. The molecular formula is C28H49N8O5. The highest BCUT2D eigenvalue weighted by atomic mass is 16.2. The molecule has 41 heavy (non-hydrogen) atoms. The number of likely N-dealkylation sites (tertiary alicyclic amines) is 2. The Morgan fingerprint density at radius 3 is 2.24 bits per heavy atom. The molecule has 6 atom stereocenters. The number of nitrogens with zero attached hydrogens (tertiary/aromatic N) is 2. The molecule has 0 bridgehead atoms. The summed E-state index contributed by atoms with van der Waals surface area (Å²) < 4.78 is 0. The molecule has 2 heterocycles. The summed E-state index contributed by atoms with van der Waals surface area (Å²) >= 11 is 0. The summed E-state index contributed by atoms with van der Waals surface area (Å²) in [7, 11) is 0. The summed E-state index contributed by atoms with van der Waals surface area (Å²) in [6, 6.07) is -3.91. The molecule has 0 aromatic carbocycles. The molecule has 2 rings (SSSR count). The van der Waals surface area contributed by atoms with E-state index in [-0.39, 0.29) is 36.0 Å². The molecule has 0 saturated carbocycles. The van der Waals surface area contributed by atoms with E-state index in [1.165, 1.54) is 4.90 Å². The number of carbonyl (C=O) groups excluding carboxylic acids is 5. The van der Waals surface area contributed by atoms with Gasteiger partial charge >= 0.3 is 0 Å². The van der Waals surface area contributed by atoms with Crippen molar-refractivity contribution >= 4 is 35.9 Å². The second-order valence-electron chi connectivity index (χ2n) is 11.6. The number of hydrogen-bond donors (Lipinski definition) is 6. The van der Waals surface area contributed by atoms with Crippen molar-refractivity contribution in [1.82, 2.24) is 25.8 Å². The van der Waals surface area contributed by atoms with E-state index in [0.29, 0.717) is 64.6 Å². The standard InChI is InChI=1S/C28H49N8O5/c1-5-18(4)21(16-37)34-24(38)20(9-6-12-32-28(30)31)33-25(39)22-10-7-13-35(22)27(41)23-11-8-14-36(23)26(40)19(29)15-17(2)3/h17-23H,5-15,29H2,1-4H3,(H,33,39)(H,34,38)(H4,30,31,32)/t18-,19-,20-,21+,22-,23-/m0/s1. The van der Waals surface area contributed by atoms with Gasteiger partial charge in [-0.2, -0.15) is 0 Å². The molecule has 0 aromatic heterocycles. The van der Waals surface area contributed by atoms with Gasteiger partial charge in [0.15, 0.2) is 5.96 Å². The fourth-order valence-corrected chi connectivity index (χ4v) is 5.45. The minimum atomic E-state index is -0.965. The maximum Gasteiger partial charge on any atom is 0.246 e. The van der Waals surface area contributed by atoms with Gasteiger partial charge in [0.25, 0.3) is 0 Å². The fourth-order valence-electron chi connectivity index (χ4n) is 5.45. The van der Waals surface area contributed by atoms with Crippen LogP contribution < -0.4 is 27.4 Å². The van der Waals surface area contributed by atoms with E-state index in [2.05, 4.69) is 16.0 Å². The third-order valence-corrected chi connectivity index (χ3v) is 7.96. The predicted molar refractivity (Wildman–Crippen MR) is 155 cm³/mol. The highest BCUT2D eigenvalue weighted by Gasteiger charge is 2.43. The summed E-state index contributed by atoms with van der Waals surface area (Å²) in [6.45, 7) is 8.86. The van der Waals surface area contributed by atoms with E-state index in [1.807, 2.05) is 34.0 Å². The fraction of sp³-hybridized carbons (Fsp3) is 0.786. The van der Waals surface area contributed by atoms with Gasteiger partial charge < -0.3 is 37.2 Å². The van der Waals surface area contributed by atoms with Crippen LogP contribution in [-0.2, 0) is 24.0 Å². The molecule has 0 spiro atoms. The molecule has 0 aliphatic carbocycles. The summed E-state index contributed by atoms with van der Waals surface area (Å²) in [5, 5.41) is 15.5. The van der Waals surface area contributed by atoms with Crippen LogP contribution in [0, 0.1) is 17.2 Å². The average molecular weight is 578 g/mol. The largest absolute Gasteiger partial charge is 0.370 e. The molecule has 1 radical (unpaired) electrons. The van der Waals surface area contributed by atoms with Crippen LogP contribution in [0.4, 0.5) is 0 Å². The molecule has 0 aromatic rings. The molecule has 4 amide bonds. The summed E-state index contributed by atoms with van der Waals surface area (Å²) in [5.41, 5.74) is 11.5. The van der Waals surface area contributed by atoms with Crippen LogP contribution in [0.5, 0.6) is 0 Å². The lowest BCUT2D eigenvalue weighted by molar-refractivity contribution is -0.147. The molecule has 2 saturated heterocycles. The van der Waals surface area contributed by atoms with Gasteiger partial charge in [0.1, 0.15) is 18.1 Å². The lowest BCUT2D eigenvalue weighted by Crippen LogP contribution is -2.57. The van der Waals surface area contributed by atoms with Crippen LogP contribution in [0.3, 0.4) is 0 Å². The first kappa shape index (κ1) is 34.0. The molecule has 13 nitrogen and oxygen atoms in total. The second kappa shape index (κ2) is 16.3. The topological polar surface area (TPSA) is 204 Å². The Bertz CT molecular complexity index is 944. The van der Waals surface area contributed by atoms with Crippen molar-refractivity contribution in [2.75, 3.05) is 19.6 Å². The van der Waals surface area contributed by atoms with Crippen molar-refractivity contribution in [2.45, 2.75) is 109 Å². The third-order valence-electron chi connectivity index (χ3n) is 7.96. The minimum Gasteiger partial charge on any atom is -0.370 e. The van der Waals surface area contributed by atoms with Gasteiger partial charge in [-0.05, 0) is 56.8 Å². The van der Waals surface area contributed by atoms with Gasteiger partial charge in [0, 0.05) is 19.6 Å². The minimum absolute atomic E-state index is 0.138. The lowest BCUT2D eigenvalue weighted by atomic mass is 9.99. The number of rotatable bonds is 15.